The molecule has 1 aliphatic heterocycles. The highest BCUT2D eigenvalue weighted by atomic mass is 32.1. The van der Waals surface area contributed by atoms with Crippen LogP contribution in [-0.2, 0) is 9.53 Å². The molecule has 1 aromatic carbocycles. The van der Waals surface area contributed by atoms with Gasteiger partial charge in [0.1, 0.15) is 23.2 Å². The van der Waals surface area contributed by atoms with Crippen molar-refractivity contribution >= 4 is 28.2 Å². The molecule has 32 heavy (non-hydrogen) atoms. The zero-order chi connectivity index (χ0) is 22.5. The molecule has 1 amide bonds. The van der Waals surface area contributed by atoms with E-state index in [9.17, 15) is 9.59 Å². The Balaban J connectivity index is 1.46. The van der Waals surface area contributed by atoms with E-state index in [0.717, 1.165) is 41.9 Å². The molecule has 1 saturated heterocycles. The molecule has 0 saturated carbocycles. The van der Waals surface area contributed by atoms with Crippen molar-refractivity contribution in [3.63, 3.8) is 0 Å². The minimum atomic E-state index is -0.417. The van der Waals surface area contributed by atoms with Gasteiger partial charge < -0.3 is 10.1 Å². The highest BCUT2D eigenvalue weighted by Crippen LogP contribution is 2.40. The Morgan fingerprint density at radius 2 is 1.97 bits per heavy atom. The smallest absolute Gasteiger partial charge is 0.341 e. The molecule has 0 unspecified atom stereocenters. The van der Waals surface area contributed by atoms with Gasteiger partial charge in [0.15, 0.2) is 0 Å². The zero-order valence-corrected chi connectivity index (χ0v) is 19.1. The van der Waals surface area contributed by atoms with E-state index in [4.69, 9.17) is 4.74 Å². The Bertz CT molecular complexity index is 1060. The number of hydrogen-bond donors (Lipinski definition) is 1. The molecule has 4 rings (SSSR count). The summed E-state index contributed by atoms with van der Waals surface area (Å²) in [4.78, 5) is 32.8. The van der Waals surface area contributed by atoms with Crippen molar-refractivity contribution in [1.82, 2.24) is 19.7 Å². The number of aryl methyl sites for hydroxylation is 1. The molecular weight excluding hydrogens is 426 g/mol. The van der Waals surface area contributed by atoms with Gasteiger partial charge in [-0.05, 0) is 32.3 Å². The van der Waals surface area contributed by atoms with Crippen LogP contribution in [0.1, 0.15) is 41.0 Å². The van der Waals surface area contributed by atoms with Crippen molar-refractivity contribution < 1.29 is 14.3 Å². The number of rotatable bonds is 7. The molecule has 9 heteroatoms. The van der Waals surface area contributed by atoms with Crippen LogP contribution in [0, 0.1) is 6.92 Å². The van der Waals surface area contributed by atoms with Crippen molar-refractivity contribution in [2.75, 3.05) is 31.6 Å². The molecule has 3 heterocycles. The maximum Gasteiger partial charge on any atom is 0.341 e. The molecule has 0 spiro atoms. The maximum atomic E-state index is 12.9. The average Bonchev–Trinajstić information content (AvgIpc) is 3.43. The summed E-state index contributed by atoms with van der Waals surface area (Å²) in [6.07, 6.45) is 5.13. The van der Waals surface area contributed by atoms with Gasteiger partial charge in [-0.3, -0.25) is 9.69 Å². The lowest BCUT2D eigenvalue weighted by atomic mass is 10.0. The van der Waals surface area contributed by atoms with Gasteiger partial charge in [-0.2, -0.15) is 5.10 Å². The van der Waals surface area contributed by atoms with E-state index in [1.165, 1.54) is 11.3 Å². The first-order valence-electron chi connectivity index (χ1n) is 10.8. The monoisotopic (exact) mass is 453 g/mol. The van der Waals surface area contributed by atoms with Gasteiger partial charge in [0.05, 0.1) is 19.2 Å². The third-order valence-corrected chi connectivity index (χ3v) is 6.63. The number of esters is 1. The van der Waals surface area contributed by atoms with Gasteiger partial charge in [-0.1, -0.05) is 30.3 Å². The van der Waals surface area contributed by atoms with Crippen LogP contribution >= 0.6 is 11.3 Å². The second kappa shape index (κ2) is 10.1. The molecule has 1 fully saturated rings. The number of nitrogens with one attached hydrogen (secondary N) is 1. The van der Waals surface area contributed by atoms with Gasteiger partial charge in [-0.15, -0.1) is 11.3 Å². The SMILES string of the molecule is CCOC(=O)c1c(NC(=O)CN2CCC(n3cncn3)CC2)sc(C)c1-c1ccccc1. The molecule has 0 radical (unpaired) electrons. The first-order chi connectivity index (χ1) is 15.6. The van der Waals surface area contributed by atoms with Crippen LogP contribution in [0.5, 0.6) is 0 Å². The largest absolute Gasteiger partial charge is 0.462 e. The lowest BCUT2D eigenvalue weighted by Crippen LogP contribution is -2.39. The van der Waals surface area contributed by atoms with Gasteiger partial charge >= 0.3 is 5.97 Å². The topological polar surface area (TPSA) is 89.4 Å². The molecule has 8 nitrogen and oxygen atoms in total. The number of carbonyl (C=O) groups excluding carboxylic acids is 2. The Morgan fingerprint density at radius 1 is 1.22 bits per heavy atom. The number of carbonyl (C=O) groups is 2. The van der Waals surface area contributed by atoms with Crippen LogP contribution in [0.25, 0.3) is 11.1 Å². The Morgan fingerprint density at radius 3 is 2.62 bits per heavy atom. The van der Waals surface area contributed by atoms with E-state index in [-0.39, 0.29) is 19.1 Å². The van der Waals surface area contributed by atoms with Crippen LogP contribution in [-0.4, -0.2) is 57.8 Å². The molecule has 3 aromatic rings. The van der Waals surface area contributed by atoms with Gasteiger partial charge in [0.2, 0.25) is 5.91 Å². The zero-order valence-electron chi connectivity index (χ0n) is 18.3. The number of anilines is 1. The first-order valence-corrected chi connectivity index (χ1v) is 11.6. The summed E-state index contributed by atoms with van der Waals surface area (Å²) in [6, 6.07) is 10.0. The molecule has 1 aliphatic rings. The summed E-state index contributed by atoms with van der Waals surface area (Å²) < 4.78 is 7.21. The Hall–Kier alpha value is -3.04. The second-order valence-corrected chi connectivity index (χ2v) is 8.98. The van der Waals surface area contributed by atoms with Crippen molar-refractivity contribution in [2.24, 2.45) is 0 Å². The lowest BCUT2D eigenvalue weighted by Gasteiger charge is -2.31. The molecule has 0 aliphatic carbocycles. The highest BCUT2D eigenvalue weighted by molar-refractivity contribution is 7.17. The maximum absolute atomic E-state index is 12.9. The fourth-order valence-corrected chi connectivity index (χ4v) is 5.18. The fraction of sp³-hybridized carbons (Fsp3) is 0.391. The Kier molecular flexibility index (Phi) is 6.96. The minimum Gasteiger partial charge on any atom is -0.462 e. The van der Waals surface area contributed by atoms with Crippen LogP contribution in [0.3, 0.4) is 0 Å². The third-order valence-electron chi connectivity index (χ3n) is 5.61. The number of likely N-dealkylation sites (tertiary alicyclic amines) is 1. The predicted octanol–water partition coefficient (Wildman–Crippen LogP) is 3.77. The van der Waals surface area contributed by atoms with Crippen LogP contribution < -0.4 is 5.32 Å². The van der Waals surface area contributed by atoms with Gasteiger partial charge in [-0.25, -0.2) is 14.5 Å². The van der Waals surface area contributed by atoms with Crippen molar-refractivity contribution in [3.8, 4) is 11.1 Å². The van der Waals surface area contributed by atoms with Crippen LogP contribution in [0.4, 0.5) is 5.00 Å². The van der Waals surface area contributed by atoms with E-state index in [2.05, 4.69) is 20.3 Å². The average molecular weight is 454 g/mol. The number of piperidine rings is 1. The summed E-state index contributed by atoms with van der Waals surface area (Å²) >= 11 is 1.41. The number of thiophene rings is 1. The second-order valence-electron chi connectivity index (χ2n) is 7.75. The lowest BCUT2D eigenvalue weighted by molar-refractivity contribution is -0.117. The van der Waals surface area contributed by atoms with E-state index in [0.29, 0.717) is 16.6 Å². The van der Waals surface area contributed by atoms with E-state index in [1.807, 2.05) is 41.9 Å². The molecule has 0 atom stereocenters. The number of benzene rings is 1. The molecule has 168 valence electrons. The summed E-state index contributed by atoms with van der Waals surface area (Å²) in [6.45, 7) is 5.91. The number of ether oxygens (including phenoxy) is 1. The van der Waals surface area contributed by atoms with Crippen LogP contribution in [0.15, 0.2) is 43.0 Å². The number of nitrogens with zero attached hydrogens (tertiary/aromatic N) is 4. The van der Waals surface area contributed by atoms with E-state index >= 15 is 0 Å². The quantitative estimate of drug-likeness (QED) is 0.548. The summed E-state index contributed by atoms with van der Waals surface area (Å²) in [5, 5.41) is 7.74. The van der Waals surface area contributed by atoms with Crippen molar-refractivity contribution in [3.05, 3.63) is 53.4 Å². The molecular formula is C23H27N5O3S. The standard InChI is InChI=1S/C23H27N5O3S/c1-3-31-23(30)21-20(17-7-5-4-6-8-17)16(2)32-22(21)26-19(29)13-27-11-9-18(10-12-27)28-15-24-14-25-28/h4-8,14-15,18H,3,9-13H2,1-2H3,(H,26,29). The van der Waals surface area contributed by atoms with Gasteiger partial charge in [0, 0.05) is 23.5 Å². The number of amides is 1. The normalized spacial score (nSPS) is 14.9. The van der Waals surface area contributed by atoms with Crippen molar-refractivity contribution in [1.29, 1.82) is 0 Å². The predicted molar refractivity (Wildman–Crippen MR) is 124 cm³/mol. The van der Waals surface area contributed by atoms with E-state index < -0.39 is 5.97 Å². The highest BCUT2D eigenvalue weighted by Gasteiger charge is 2.27. The summed E-state index contributed by atoms with van der Waals surface area (Å²) in [7, 11) is 0. The molecule has 0 bridgehead atoms. The van der Waals surface area contributed by atoms with Crippen LogP contribution in [0.2, 0.25) is 0 Å². The third kappa shape index (κ3) is 4.89. The number of aromatic nitrogens is 3. The number of hydrogen-bond acceptors (Lipinski definition) is 7. The van der Waals surface area contributed by atoms with Crippen molar-refractivity contribution in [2.45, 2.75) is 32.7 Å². The fourth-order valence-electron chi connectivity index (χ4n) is 4.10. The molecule has 2 aromatic heterocycles. The van der Waals surface area contributed by atoms with E-state index in [1.54, 1.807) is 19.6 Å². The molecule has 1 N–H and O–H groups in total. The first kappa shape index (κ1) is 22.2. The minimum absolute atomic E-state index is 0.129. The Labute approximate surface area is 191 Å². The van der Waals surface area contributed by atoms with Gasteiger partial charge in [0.25, 0.3) is 0 Å². The summed E-state index contributed by atoms with van der Waals surface area (Å²) in [5.74, 6) is -0.546. The summed E-state index contributed by atoms with van der Waals surface area (Å²) in [5.41, 5.74) is 2.18.